The summed E-state index contributed by atoms with van der Waals surface area (Å²) >= 11 is 1.81. The molecule has 0 saturated carbocycles. The summed E-state index contributed by atoms with van der Waals surface area (Å²) in [7, 11) is 0. The molecule has 0 radical (unpaired) electrons. The summed E-state index contributed by atoms with van der Waals surface area (Å²) in [4.78, 5) is 0. The zero-order valence-electron chi connectivity index (χ0n) is 11.7. The minimum absolute atomic E-state index is 0.105. The first-order valence-electron chi connectivity index (χ1n) is 6.53. The SMILES string of the molecule is CCCNC(C)c1nnc(NC(CC)CSC)o1. The second-order valence-corrected chi connectivity index (χ2v) is 5.24. The van der Waals surface area contributed by atoms with E-state index < -0.39 is 0 Å². The Kier molecular flexibility index (Phi) is 7.12. The third kappa shape index (κ3) is 4.86. The molecule has 1 heterocycles. The summed E-state index contributed by atoms with van der Waals surface area (Å²) in [6.07, 6.45) is 4.23. The summed E-state index contributed by atoms with van der Waals surface area (Å²) in [6, 6.07) is 1.01. The minimum Gasteiger partial charge on any atom is -0.406 e. The molecular weight excluding hydrogens is 248 g/mol. The van der Waals surface area contributed by atoms with E-state index in [0.717, 1.165) is 25.1 Å². The zero-order valence-corrected chi connectivity index (χ0v) is 12.5. The van der Waals surface area contributed by atoms with Gasteiger partial charge in [-0.3, -0.25) is 0 Å². The van der Waals surface area contributed by atoms with E-state index in [1.165, 1.54) is 0 Å². The fourth-order valence-corrected chi connectivity index (χ4v) is 2.27. The Bertz CT molecular complexity index is 332. The van der Waals surface area contributed by atoms with Crippen molar-refractivity contribution in [2.75, 3.05) is 23.9 Å². The van der Waals surface area contributed by atoms with Gasteiger partial charge in [0.15, 0.2) is 0 Å². The highest BCUT2D eigenvalue weighted by Gasteiger charge is 2.15. The standard InChI is InChI=1S/C12H24N4OS/c1-5-7-13-9(3)11-15-16-12(17-11)14-10(6-2)8-18-4/h9-10,13H,5-8H2,1-4H3,(H,14,16). The maximum atomic E-state index is 5.62. The second-order valence-electron chi connectivity index (χ2n) is 4.33. The highest BCUT2D eigenvalue weighted by Crippen LogP contribution is 2.15. The number of nitrogens with one attached hydrogen (secondary N) is 2. The van der Waals surface area contributed by atoms with Gasteiger partial charge in [0.1, 0.15) is 0 Å². The highest BCUT2D eigenvalue weighted by molar-refractivity contribution is 7.98. The molecule has 0 aromatic carbocycles. The average molecular weight is 272 g/mol. The molecule has 18 heavy (non-hydrogen) atoms. The van der Waals surface area contributed by atoms with Gasteiger partial charge >= 0.3 is 6.01 Å². The monoisotopic (exact) mass is 272 g/mol. The van der Waals surface area contributed by atoms with Crippen molar-refractivity contribution in [2.45, 2.75) is 45.7 Å². The number of hydrogen-bond acceptors (Lipinski definition) is 6. The second kappa shape index (κ2) is 8.37. The van der Waals surface area contributed by atoms with E-state index in [9.17, 15) is 0 Å². The molecule has 0 amide bonds. The molecule has 0 fully saturated rings. The van der Waals surface area contributed by atoms with Gasteiger partial charge < -0.3 is 15.1 Å². The van der Waals surface area contributed by atoms with Crippen LogP contribution in [0.1, 0.15) is 45.5 Å². The van der Waals surface area contributed by atoms with E-state index in [2.05, 4.69) is 40.9 Å². The molecule has 6 heteroatoms. The van der Waals surface area contributed by atoms with Gasteiger partial charge in [-0.1, -0.05) is 18.9 Å². The van der Waals surface area contributed by atoms with Crippen LogP contribution in [-0.4, -0.2) is 34.8 Å². The Balaban J connectivity index is 2.51. The lowest BCUT2D eigenvalue weighted by molar-refractivity contribution is 0.421. The maximum Gasteiger partial charge on any atom is 0.315 e. The van der Waals surface area contributed by atoms with E-state index in [-0.39, 0.29) is 6.04 Å². The third-order valence-corrected chi connectivity index (χ3v) is 3.44. The van der Waals surface area contributed by atoms with Gasteiger partial charge in [-0.15, -0.1) is 5.10 Å². The van der Waals surface area contributed by atoms with E-state index in [0.29, 0.717) is 17.9 Å². The van der Waals surface area contributed by atoms with Crippen molar-refractivity contribution < 1.29 is 4.42 Å². The van der Waals surface area contributed by atoms with Gasteiger partial charge in [-0.2, -0.15) is 11.8 Å². The molecule has 0 aliphatic carbocycles. The summed E-state index contributed by atoms with van der Waals surface area (Å²) in [6.45, 7) is 7.27. The van der Waals surface area contributed by atoms with Crippen molar-refractivity contribution >= 4 is 17.8 Å². The normalized spacial score (nSPS) is 14.4. The highest BCUT2D eigenvalue weighted by atomic mass is 32.2. The van der Waals surface area contributed by atoms with Gasteiger partial charge in [-0.05, 0) is 32.6 Å². The minimum atomic E-state index is 0.105. The molecule has 2 unspecified atom stereocenters. The molecule has 5 nitrogen and oxygen atoms in total. The first-order chi connectivity index (χ1) is 8.71. The summed E-state index contributed by atoms with van der Waals surface area (Å²) in [5.41, 5.74) is 0. The molecule has 104 valence electrons. The van der Waals surface area contributed by atoms with E-state index in [1.807, 2.05) is 18.7 Å². The van der Waals surface area contributed by atoms with Crippen molar-refractivity contribution in [3.63, 3.8) is 0 Å². The van der Waals surface area contributed by atoms with Crippen LogP contribution in [-0.2, 0) is 0 Å². The zero-order chi connectivity index (χ0) is 13.4. The quantitative estimate of drug-likeness (QED) is 0.720. The first-order valence-corrected chi connectivity index (χ1v) is 7.92. The van der Waals surface area contributed by atoms with Crippen LogP contribution < -0.4 is 10.6 Å². The summed E-state index contributed by atoms with van der Waals surface area (Å²) in [5.74, 6) is 1.68. The van der Waals surface area contributed by atoms with Crippen LogP contribution in [0.4, 0.5) is 6.01 Å². The molecule has 0 aliphatic heterocycles. The smallest absolute Gasteiger partial charge is 0.315 e. The van der Waals surface area contributed by atoms with Crippen molar-refractivity contribution in [1.82, 2.24) is 15.5 Å². The maximum absolute atomic E-state index is 5.62. The van der Waals surface area contributed by atoms with Gasteiger partial charge in [0.05, 0.1) is 6.04 Å². The van der Waals surface area contributed by atoms with Crippen molar-refractivity contribution in [2.24, 2.45) is 0 Å². The van der Waals surface area contributed by atoms with Crippen LogP contribution in [0.5, 0.6) is 0 Å². The number of nitrogens with zero attached hydrogens (tertiary/aromatic N) is 2. The molecule has 0 bridgehead atoms. The molecule has 0 spiro atoms. The lowest BCUT2D eigenvalue weighted by Gasteiger charge is -2.13. The predicted molar refractivity (Wildman–Crippen MR) is 77.1 cm³/mol. The Morgan fingerprint density at radius 3 is 2.72 bits per heavy atom. The Morgan fingerprint density at radius 1 is 1.33 bits per heavy atom. The van der Waals surface area contributed by atoms with Gasteiger partial charge in [0, 0.05) is 11.8 Å². The lowest BCUT2D eigenvalue weighted by Crippen LogP contribution is -2.21. The molecule has 1 aromatic heterocycles. The van der Waals surface area contributed by atoms with Gasteiger partial charge in [0.25, 0.3) is 0 Å². The summed E-state index contributed by atoms with van der Waals surface area (Å²) < 4.78 is 5.62. The Hall–Kier alpha value is -0.750. The third-order valence-electron chi connectivity index (χ3n) is 2.70. The molecule has 0 aliphatic rings. The average Bonchev–Trinajstić information content (AvgIpc) is 2.84. The molecule has 1 rings (SSSR count). The Morgan fingerprint density at radius 2 is 2.11 bits per heavy atom. The van der Waals surface area contributed by atoms with Crippen LogP contribution in [0.25, 0.3) is 0 Å². The molecule has 2 N–H and O–H groups in total. The van der Waals surface area contributed by atoms with Gasteiger partial charge in [-0.25, -0.2) is 0 Å². The van der Waals surface area contributed by atoms with E-state index >= 15 is 0 Å². The van der Waals surface area contributed by atoms with Crippen LogP contribution in [0.2, 0.25) is 0 Å². The Labute approximate surface area is 114 Å². The molecule has 0 saturated heterocycles. The van der Waals surface area contributed by atoms with Crippen LogP contribution >= 0.6 is 11.8 Å². The van der Waals surface area contributed by atoms with Crippen LogP contribution in [0.15, 0.2) is 4.42 Å². The number of hydrogen-bond donors (Lipinski definition) is 2. The van der Waals surface area contributed by atoms with E-state index in [1.54, 1.807) is 0 Å². The first kappa shape index (κ1) is 15.3. The van der Waals surface area contributed by atoms with Crippen molar-refractivity contribution in [3.8, 4) is 0 Å². The van der Waals surface area contributed by atoms with Crippen LogP contribution in [0.3, 0.4) is 0 Å². The van der Waals surface area contributed by atoms with Crippen LogP contribution in [0, 0.1) is 0 Å². The largest absolute Gasteiger partial charge is 0.406 e. The number of anilines is 1. The summed E-state index contributed by atoms with van der Waals surface area (Å²) in [5, 5.41) is 14.7. The fourth-order valence-electron chi connectivity index (χ4n) is 1.55. The van der Waals surface area contributed by atoms with Crippen molar-refractivity contribution in [1.29, 1.82) is 0 Å². The fraction of sp³-hybridized carbons (Fsp3) is 0.833. The number of rotatable bonds is 9. The molecule has 1 aromatic rings. The number of thioether (sulfide) groups is 1. The van der Waals surface area contributed by atoms with Crippen molar-refractivity contribution in [3.05, 3.63) is 5.89 Å². The van der Waals surface area contributed by atoms with E-state index in [4.69, 9.17) is 4.42 Å². The topological polar surface area (TPSA) is 63.0 Å². The lowest BCUT2D eigenvalue weighted by atomic mass is 10.3. The molecular formula is C12H24N4OS. The van der Waals surface area contributed by atoms with Gasteiger partial charge in [0.2, 0.25) is 5.89 Å². The molecule has 2 atom stereocenters. The predicted octanol–water partition coefficient (Wildman–Crippen LogP) is 2.68. The number of aromatic nitrogens is 2.